The molecule has 1 aliphatic rings. The Bertz CT molecular complexity index is 386. The summed E-state index contributed by atoms with van der Waals surface area (Å²) >= 11 is 5.56. The fraction of sp³-hybridized carbons (Fsp3) is 0.538. The van der Waals surface area contributed by atoms with Gasteiger partial charge >= 0.3 is 0 Å². The number of nitrogens with two attached hydrogens (primary N) is 1. The van der Waals surface area contributed by atoms with Crippen LogP contribution in [0.5, 0.6) is 0 Å². The molecule has 0 saturated heterocycles. The zero-order chi connectivity index (χ0) is 11.8. The largest absolute Gasteiger partial charge is 0.330 e. The van der Waals surface area contributed by atoms with Gasteiger partial charge in [-0.3, -0.25) is 0 Å². The van der Waals surface area contributed by atoms with Crippen LogP contribution in [0.25, 0.3) is 0 Å². The molecule has 3 heteroatoms. The molecule has 1 aliphatic carbocycles. The topological polar surface area (TPSA) is 26.0 Å². The van der Waals surface area contributed by atoms with Crippen LogP contribution in [0.1, 0.15) is 32.3 Å². The molecule has 16 heavy (non-hydrogen) atoms. The van der Waals surface area contributed by atoms with E-state index in [2.05, 4.69) is 48.0 Å². The lowest BCUT2D eigenvalue weighted by Gasteiger charge is -2.15. The third-order valence-corrected chi connectivity index (χ3v) is 5.15. The molecule has 1 saturated carbocycles. The van der Waals surface area contributed by atoms with Gasteiger partial charge in [-0.2, -0.15) is 0 Å². The maximum atomic E-state index is 5.85. The van der Waals surface area contributed by atoms with Gasteiger partial charge < -0.3 is 5.73 Å². The summed E-state index contributed by atoms with van der Waals surface area (Å²) in [5.41, 5.74) is 7.54. The highest BCUT2D eigenvalue weighted by molar-refractivity contribution is 9.10. The summed E-state index contributed by atoms with van der Waals surface area (Å²) in [6, 6.07) is 6.72. The van der Waals surface area contributed by atoms with Gasteiger partial charge in [-0.05, 0) is 46.5 Å². The zero-order valence-corrected chi connectivity index (χ0v) is 12.2. The van der Waals surface area contributed by atoms with E-state index in [1.807, 2.05) is 11.8 Å². The highest BCUT2D eigenvalue weighted by Crippen LogP contribution is 2.48. The van der Waals surface area contributed by atoms with Gasteiger partial charge in [-0.1, -0.05) is 19.9 Å². The zero-order valence-electron chi connectivity index (χ0n) is 9.79. The minimum absolute atomic E-state index is 0.295. The van der Waals surface area contributed by atoms with E-state index in [9.17, 15) is 0 Å². The maximum Gasteiger partial charge on any atom is 0.0314 e. The van der Waals surface area contributed by atoms with Crippen LogP contribution < -0.4 is 5.73 Å². The van der Waals surface area contributed by atoms with Crippen molar-refractivity contribution in [1.29, 1.82) is 0 Å². The Labute approximate surface area is 110 Å². The van der Waals surface area contributed by atoms with Gasteiger partial charge in [0, 0.05) is 26.6 Å². The van der Waals surface area contributed by atoms with Crippen molar-refractivity contribution in [2.45, 2.75) is 42.2 Å². The second kappa shape index (κ2) is 4.71. The molecule has 0 amide bonds. The van der Waals surface area contributed by atoms with Gasteiger partial charge in [0.25, 0.3) is 0 Å². The molecular weight excluding hydrogens is 282 g/mol. The summed E-state index contributed by atoms with van der Waals surface area (Å²) < 4.78 is 1.21. The summed E-state index contributed by atoms with van der Waals surface area (Å²) in [6.07, 6.45) is 2.49. The third-order valence-electron chi connectivity index (χ3n) is 3.15. The second-order valence-electron chi connectivity index (χ2n) is 4.80. The van der Waals surface area contributed by atoms with Crippen LogP contribution in [0.3, 0.4) is 0 Å². The minimum atomic E-state index is 0.295. The summed E-state index contributed by atoms with van der Waals surface area (Å²) in [4.78, 5) is 1.33. The standard InChI is InChI=1S/C13H18BrNS/c1-9(2)16-12-4-3-10(7-11(12)14)13(8-15)5-6-13/h3-4,7,9H,5-6,8,15H2,1-2H3. The molecule has 1 aromatic carbocycles. The average molecular weight is 300 g/mol. The first-order valence-electron chi connectivity index (χ1n) is 5.74. The first kappa shape index (κ1) is 12.5. The Morgan fingerprint density at radius 1 is 1.44 bits per heavy atom. The van der Waals surface area contributed by atoms with Gasteiger partial charge in [0.15, 0.2) is 0 Å². The van der Waals surface area contributed by atoms with Crippen molar-refractivity contribution in [3.05, 3.63) is 28.2 Å². The lowest BCUT2D eigenvalue weighted by atomic mass is 9.96. The fourth-order valence-corrected chi connectivity index (χ4v) is 3.43. The van der Waals surface area contributed by atoms with Crippen molar-refractivity contribution in [2.75, 3.05) is 6.54 Å². The molecule has 0 heterocycles. The van der Waals surface area contributed by atoms with Gasteiger partial charge in [0.1, 0.15) is 0 Å². The summed E-state index contributed by atoms with van der Waals surface area (Å²) in [5.74, 6) is 0. The number of thioether (sulfide) groups is 1. The number of rotatable bonds is 4. The Morgan fingerprint density at radius 2 is 2.12 bits per heavy atom. The van der Waals surface area contributed by atoms with E-state index in [4.69, 9.17) is 5.73 Å². The number of benzene rings is 1. The van der Waals surface area contributed by atoms with Gasteiger partial charge in [-0.25, -0.2) is 0 Å². The van der Waals surface area contributed by atoms with Crippen LogP contribution in [0, 0.1) is 0 Å². The Hall–Kier alpha value is 0.01000. The first-order chi connectivity index (χ1) is 7.57. The monoisotopic (exact) mass is 299 g/mol. The SMILES string of the molecule is CC(C)Sc1ccc(C2(CN)CC2)cc1Br. The molecule has 0 aromatic heterocycles. The van der Waals surface area contributed by atoms with Crippen LogP contribution in [-0.4, -0.2) is 11.8 Å². The van der Waals surface area contributed by atoms with Crippen LogP contribution in [0.15, 0.2) is 27.6 Å². The number of halogens is 1. The highest BCUT2D eigenvalue weighted by atomic mass is 79.9. The van der Waals surface area contributed by atoms with E-state index >= 15 is 0 Å². The first-order valence-corrected chi connectivity index (χ1v) is 7.41. The second-order valence-corrected chi connectivity index (χ2v) is 7.27. The van der Waals surface area contributed by atoms with Crippen molar-refractivity contribution in [3.8, 4) is 0 Å². The Kier molecular flexibility index (Phi) is 3.67. The van der Waals surface area contributed by atoms with E-state index in [0.29, 0.717) is 10.7 Å². The molecule has 2 N–H and O–H groups in total. The molecule has 1 aromatic rings. The lowest BCUT2D eigenvalue weighted by molar-refractivity contribution is 0.703. The number of hydrogen-bond acceptors (Lipinski definition) is 2. The third kappa shape index (κ3) is 2.47. The smallest absolute Gasteiger partial charge is 0.0314 e. The molecule has 0 bridgehead atoms. The van der Waals surface area contributed by atoms with Crippen molar-refractivity contribution in [3.63, 3.8) is 0 Å². The summed E-state index contributed by atoms with van der Waals surface area (Å²) in [7, 11) is 0. The molecule has 2 rings (SSSR count). The minimum Gasteiger partial charge on any atom is -0.330 e. The van der Waals surface area contributed by atoms with E-state index in [1.54, 1.807) is 0 Å². The van der Waals surface area contributed by atoms with Crippen LogP contribution in [0.2, 0.25) is 0 Å². The molecule has 0 unspecified atom stereocenters. The van der Waals surface area contributed by atoms with E-state index in [-0.39, 0.29) is 0 Å². The molecule has 0 aliphatic heterocycles. The number of hydrogen-bond donors (Lipinski definition) is 1. The lowest BCUT2D eigenvalue weighted by Crippen LogP contribution is -2.19. The van der Waals surface area contributed by atoms with Crippen LogP contribution in [0.4, 0.5) is 0 Å². The predicted molar refractivity (Wildman–Crippen MR) is 75.1 cm³/mol. The summed E-state index contributed by atoms with van der Waals surface area (Å²) in [5, 5.41) is 0.617. The van der Waals surface area contributed by atoms with E-state index in [0.717, 1.165) is 6.54 Å². The van der Waals surface area contributed by atoms with Crippen molar-refractivity contribution >= 4 is 27.7 Å². The van der Waals surface area contributed by atoms with Gasteiger partial charge in [0.2, 0.25) is 0 Å². The molecule has 1 fully saturated rings. The molecule has 88 valence electrons. The van der Waals surface area contributed by atoms with Crippen LogP contribution in [-0.2, 0) is 5.41 Å². The molecule has 1 nitrogen and oxygen atoms in total. The molecule has 0 radical (unpaired) electrons. The normalized spacial score (nSPS) is 17.8. The Balaban J connectivity index is 2.23. The highest BCUT2D eigenvalue weighted by Gasteiger charge is 2.42. The fourth-order valence-electron chi connectivity index (χ4n) is 1.94. The van der Waals surface area contributed by atoms with Crippen molar-refractivity contribution in [2.24, 2.45) is 5.73 Å². The van der Waals surface area contributed by atoms with Crippen molar-refractivity contribution < 1.29 is 0 Å². The van der Waals surface area contributed by atoms with Crippen LogP contribution >= 0.6 is 27.7 Å². The molecular formula is C13H18BrNS. The van der Waals surface area contributed by atoms with Gasteiger partial charge in [0.05, 0.1) is 0 Å². The molecule has 0 atom stereocenters. The summed E-state index contributed by atoms with van der Waals surface area (Å²) in [6.45, 7) is 5.21. The Morgan fingerprint density at radius 3 is 2.56 bits per heavy atom. The van der Waals surface area contributed by atoms with E-state index in [1.165, 1.54) is 27.8 Å². The van der Waals surface area contributed by atoms with E-state index < -0.39 is 0 Å². The van der Waals surface area contributed by atoms with Gasteiger partial charge in [-0.15, -0.1) is 11.8 Å². The molecule has 0 spiro atoms. The predicted octanol–water partition coefficient (Wildman–Crippen LogP) is 3.94. The maximum absolute atomic E-state index is 5.85. The quantitative estimate of drug-likeness (QED) is 0.852. The average Bonchev–Trinajstić information content (AvgIpc) is 3.01. The van der Waals surface area contributed by atoms with Crippen molar-refractivity contribution in [1.82, 2.24) is 0 Å².